The Bertz CT molecular complexity index is 439. The van der Waals surface area contributed by atoms with Gasteiger partial charge in [-0.25, -0.2) is 4.68 Å². The zero-order valence-electron chi connectivity index (χ0n) is 11.4. The predicted molar refractivity (Wildman–Crippen MR) is 75.9 cm³/mol. The number of nitrogens with zero attached hydrogens (tertiary/aromatic N) is 2. The predicted octanol–water partition coefficient (Wildman–Crippen LogP) is 3.24. The van der Waals surface area contributed by atoms with Crippen LogP contribution in [0.1, 0.15) is 51.0 Å². The molecule has 1 N–H and O–H groups in total. The lowest BCUT2D eigenvalue weighted by Crippen LogP contribution is -2.17. The van der Waals surface area contributed by atoms with Crippen molar-refractivity contribution >= 4 is 23.5 Å². The largest absolute Gasteiger partial charge is 0.310 e. The summed E-state index contributed by atoms with van der Waals surface area (Å²) >= 11 is 1.72. The average Bonchev–Trinajstić information content (AvgIpc) is 2.61. The van der Waals surface area contributed by atoms with Gasteiger partial charge in [-0.2, -0.15) is 5.10 Å². The quantitative estimate of drug-likeness (QED) is 0.914. The highest BCUT2D eigenvalue weighted by molar-refractivity contribution is 8.00. The second-order valence-corrected chi connectivity index (χ2v) is 6.66. The number of fused-ring (bicyclic) bond motifs is 1. The summed E-state index contributed by atoms with van der Waals surface area (Å²) in [6, 6.07) is 0.261. The molecule has 1 aliphatic heterocycles. The molecule has 0 saturated heterocycles. The number of carbonyl (C=O) groups is 1. The van der Waals surface area contributed by atoms with Gasteiger partial charge in [0.25, 0.3) is 0 Å². The van der Waals surface area contributed by atoms with Gasteiger partial charge < -0.3 is 5.32 Å². The SMILES string of the molecule is CC(C)C[C@@H]1SCC(=O)Nc2c1cnn2C(C)C. The van der Waals surface area contributed by atoms with Crippen LogP contribution in [0.2, 0.25) is 0 Å². The van der Waals surface area contributed by atoms with Crippen molar-refractivity contribution in [1.29, 1.82) is 0 Å². The topological polar surface area (TPSA) is 46.9 Å². The number of aromatic nitrogens is 2. The van der Waals surface area contributed by atoms with Crippen LogP contribution >= 0.6 is 11.8 Å². The van der Waals surface area contributed by atoms with Crippen LogP contribution in [0.25, 0.3) is 0 Å². The normalized spacial score (nSPS) is 19.9. The summed E-state index contributed by atoms with van der Waals surface area (Å²) in [5.41, 5.74) is 1.17. The molecule has 18 heavy (non-hydrogen) atoms. The van der Waals surface area contributed by atoms with Crippen LogP contribution in [-0.4, -0.2) is 21.4 Å². The van der Waals surface area contributed by atoms with Gasteiger partial charge in [0.05, 0.1) is 11.9 Å². The Morgan fingerprint density at radius 2 is 2.22 bits per heavy atom. The second kappa shape index (κ2) is 5.34. The van der Waals surface area contributed by atoms with E-state index >= 15 is 0 Å². The Morgan fingerprint density at radius 1 is 1.50 bits per heavy atom. The highest BCUT2D eigenvalue weighted by Gasteiger charge is 2.27. The van der Waals surface area contributed by atoms with E-state index in [4.69, 9.17) is 0 Å². The van der Waals surface area contributed by atoms with Crippen LogP contribution < -0.4 is 5.32 Å². The van der Waals surface area contributed by atoms with Crippen LogP contribution in [-0.2, 0) is 4.79 Å². The van der Waals surface area contributed by atoms with Crippen molar-refractivity contribution in [2.24, 2.45) is 5.92 Å². The second-order valence-electron chi connectivity index (χ2n) is 5.46. The van der Waals surface area contributed by atoms with Gasteiger partial charge in [-0.1, -0.05) is 13.8 Å². The lowest BCUT2D eigenvalue weighted by molar-refractivity contribution is -0.113. The van der Waals surface area contributed by atoms with Crippen LogP contribution in [0.4, 0.5) is 5.82 Å². The van der Waals surface area contributed by atoms with Gasteiger partial charge in [-0.05, 0) is 26.2 Å². The number of thioether (sulfide) groups is 1. The third-order valence-electron chi connectivity index (χ3n) is 3.02. The van der Waals surface area contributed by atoms with E-state index in [2.05, 4.69) is 38.1 Å². The number of carbonyl (C=O) groups excluding carboxylic acids is 1. The number of amides is 1. The van der Waals surface area contributed by atoms with Crippen molar-refractivity contribution in [2.45, 2.75) is 45.4 Å². The summed E-state index contributed by atoms with van der Waals surface area (Å²) in [6.45, 7) is 8.59. The fraction of sp³-hybridized carbons (Fsp3) is 0.692. The molecule has 2 heterocycles. The van der Waals surface area contributed by atoms with Crippen molar-refractivity contribution in [1.82, 2.24) is 9.78 Å². The first-order valence-corrected chi connectivity index (χ1v) is 7.52. The molecule has 1 amide bonds. The molecule has 4 nitrogen and oxygen atoms in total. The average molecular weight is 267 g/mol. The summed E-state index contributed by atoms with van der Waals surface area (Å²) in [5, 5.41) is 7.78. The van der Waals surface area contributed by atoms with Crippen LogP contribution in [0.3, 0.4) is 0 Å². The van der Waals surface area contributed by atoms with E-state index in [1.807, 2.05) is 10.9 Å². The smallest absolute Gasteiger partial charge is 0.235 e. The zero-order chi connectivity index (χ0) is 13.3. The van der Waals surface area contributed by atoms with E-state index in [1.54, 1.807) is 11.8 Å². The molecule has 1 atom stereocenters. The summed E-state index contributed by atoms with van der Waals surface area (Å²) in [4.78, 5) is 11.8. The highest BCUT2D eigenvalue weighted by atomic mass is 32.2. The molecule has 0 saturated carbocycles. The summed E-state index contributed by atoms with van der Waals surface area (Å²) in [6.07, 6.45) is 3.00. The molecule has 0 aromatic carbocycles. The van der Waals surface area contributed by atoms with E-state index < -0.39 is 0 Å². The van der Waals surface area contributed by atoms with E-state index in [0.29, 0.717) is 16.9 Å². The molecule has 0 fully saturated rings. The van der Waals surface area contributed by atoms with Crippen molar-refractivity contribution in [3.05, 3.63) is 11.8 Å². The molecule has 0 unspecified atom stereocenters. The maximum atomic E-state index is 11.8. The van der Waals surface area contributed by atoms with E-state index in [9.17, 15) is 4.79 Å². The number of rotatable bonds is 3. The van der Waals surface area contributed by atoms with Gasteiger partial charge in [0, 0.05) is 16.9 Å². The van der Waals surface area contributed by atoms with Gasteiger partial charge in [0.15, 0.2) is 0 Å². The molecular formula is C13H21N3OS. The molecule has 5 heteroatoms. The molecule has 1 aliphatic rings. The van der Waals surface area contributed by atoms with Crippen LogP contribution in [0, 0.1) is 5.92 Å². The van der Waals surface area contributed by atoms with Gasteiger partial charge in [0.1, 0.15) is 5.82 Å². The first kappa shape index (κ1) is 13.5. The Morgan fingerprint density at radius 3 is 2.83 bits per heavy atom. The van der Waals surface area contributed by atoms with Crippen molar-refractivity contribution < 1.29 is 4.79 Å². The van der Waals surface area contributed by atoms with Crippen molar-refractivity contribution in [3.63, 3.8) is 0 Å². The molecule has 0 radical (unpaired) electrons. The number of hydrogen-bond donors (Lipinski definition) is 1. The Hall–Kier alpha value is -0.970. The fourth-order valence-electron chi connectivity index (χ4n) is 2.19. The van der Waals surface area contributed by atoms with Gasteiger partial charge >= 0.3 is 0 Å². The standard InChI is InChI=1S/C13H21N3OS/c1-8(2)5-11-10-6-14-16(9(3)4)13(10)15-12(17)7-18-11/h6,8-9,11H,5,7H2,1-4H3,(H,15,17)/t11-/m0/s1. The number of anilines is 1. The molecule has 0 bridgehead atoms. The molecule has 0 spiro atoms. The molecule has 1 aromatic heterocycles. The monoisotopic (exact) mass is 267 g/mol. The Balaban J connectivity index is 2.37. The third-order valence-corrected chi connectivity index (χ3v) is 4.30. The maximum Gasteiger partial charge on any atom is 0.235 e. The van der Waals surface area contributed by atoms with E-state index in [0.717, 1.165) is 12.2 Å². The maximum absolute atomic E-state index is 11.8. The zero-order valence-corrected chi connectivity index (χ0v) is 12.3. The van der Waals surface area contributed by atoms with Crippen molar-refractivity contribution in [3.8, 4) is 0 Å². The minimum Gasteiger partial charge on any atom is -0.310 e. The molecular weight excluding hydrogens is 246 g/mol. The molecule has 2 rings (SSSR count). The van der Waals surface area contributed by atoms with Gasteiger partial charge in [-0.15, -0.1) is 11.8 Å². The summed E-state index contributed by atoms with van der Waals surface area (Å²) in [7, 11) is 0. The lowest BCUT2D eigenvalue weighted by Gasteiger charge is -2.16. The van der Waals surface area contributed by atoms with Crippen LogP contribution in [0.15, 0.2) is 6.20 Å². The molecule has 100 valence electrons. The minimum absolute atomic E-state index is 0.0786. The van der Waals surface area contributed by atoms with Crippen molar-refractivity contribution in [2.75, 3.05) is 11.1 Å². The van der Waals surface area contributed by atoms with Gasteiger partial charge in [-0.3, -0.25) is 4.79 Å². The van der Waals surface area contributed by atoms with E-state index in [1.165, 1.54) is 5.56 Å². The molecule has 0 aliphatic carbocycles. The first-order valence-electron chi connectivity index (χ1n) is 6.48. The summed E-state index contributed by atoms with van der Waals surface area (Å²) < 4.78 is 1.91. The first-order chi connectivity index (χ1) is 8.49. The Labute approximate surface area is 113 Å². The third kappa shape index (κ3) is 2.71. The van der Waals surface area contributed by atoms with Gasteiger partial charge in [0.2, 0.25) is 5.91 Å². The summed E-state index contributed by atoms with van der Waals surface area (Å²) in [5.74, 6) is 2.12. The molecule has 1 aromatic rings. The fourth-order valence-corrected chi connectivity index (χ4v) is 3.49. The van der Waals surface area contributed by atoms with E-state index in [-0.39, 0.29) is 11.9 Å². The minimum atomic E-state index is 0.0786. The lowest BCUT2D eigenvalue weighted by atomic mass is 10.0. The number of nitrogens with one attached hydrogen (secondary N) is 1. The highest BCUT2D eigenvalue weighted by Crippen LogP contribution is 2.41. The number of hydrogen-bond acceptors (Lipinski definition) is 3. The Kier molecular flexibility index (Phi) is 4.00. The van der Waals surface area contributed by atoms with Crippen LogP contribution in [0.5, 0.6) is 0 Å².